The standard InChI is InChI=1S/C11H15NO5/c1-17-11(16)8(13)5-12-9(14)6-3-2-4-7(6)10(12)15/h6-8,13H,2-5H2,1H3. The van der Waals surface area contributed by atoms with Gasteiger partial charge >= 0.3 is 5.97 Å². The molecule has 1 saturated heterocycles. The predicted octanol–water partition coefficient (Wildman–Crippen LogP) is -0.695. The summed E-state index contributed by atoms with van der Waals surface area (Å²) in [4.78, 5) is 35.8. The Morgan fingerprint density at radius 3 is 2.41 bits per heavy atom. The van der Waals surface area contributed by atoms with Crippen LogP contribution >= 0.6 is 0 Å². The lowest BCUT2D eigenvalue weighted by atomic mass is 10.00. The lowest BCUT2D eigenvalue weighted by Crippen LogP contribution is -2.41. The van der Waals surface area contributed by atoms with Gasteiger partial charge in [-0.05, 0) is 12.8 Å². The Bertz CT molecular complexity index is 345. The van der Waals surface area contributed by atoms with Gasteiger partial charge in [0.25, 0.3) is 0 Å². The molecule has 0 bridgehead atoms. The second kappa shape index (κ2) is 4.44. The second-order valence-corrected chi connectivity index (χ2v) is 4.47. The molecule has 0 radical (unpaired) electrons. The minimum atomic E-state index is -1.45. The van der Waals surface area contributed by atoms with Crippen molar-refractivity contribution in [2.24, 2.45) is 11.8 Å². The summed E-state index contributed by atoms with van der Waals surface area (Å²) in [6.07, 6.45) is 0.882. The van der Waals surface area contributed by atoms with Crippen molar-refractivity contribution in [3.63, 3.8) is 0 Å². The van der Waals surface area contributed by atoms with Crippen LogP contribution in [0.2, 0.25) is 0 Å². The fourth-order valence-corrected chi connectivity index (χ4v) is 2.62. The number of hydrogen-bond acceptors (Lipinski definition) is 5. The maximum Gasteiger partial charge on any atom is 0.336 e. The van der Waals surface area contributed by atoms with E-state index in [0.29, 0.717) is 0 Å². The number of β-amino-alcohol motifs (C(OH)–C–C–N with tert-alkyl or cyclic N) is 1. The Hall–Kier alpha value is -1.43. The Balaban J connectivity index is 2.05. The van der Waals surface area contributed by atoms with Crippen LogP contribution in [0.1, 0.15) is 19.3 Å². The molecule has 1 aliphatic carbocycles. The molecule has 1 aliphatic heterocycles. The molecule has 2 fully saturated rings. The van der Waals surface area contributed by atoms with Gasteiger partial charge in [-0.15, -0.1) is 0 Å². The summed E-state index contributed by atoms with van der Waals surface area (Å²) in [6.45, 7) is -0.294. The molecular formula is C11H15NO5. The van der Waals surface area contributed by atoms with E-state index in [1.807, 2.05) is 0 Å². The zero-order chi connectivity index (χ0) is 12.6. The quantitative estimate of drug-likeness (QED) is 0.522. The van der Waals surface area contributed by atoms with Gasteiger partial charge in [-0.2, -0.15) is 0 Å². The Morgan fingerprint density at radius 1 is 1.41 bits per heavy atom. The summed E-state index contributed by atoms with van der Waals surface area (Å²) < 4.78 is 4.35. The molecule has 0 aromatic rings. The van der Waals surface area contributed by atoms with Crippen LogP contribution in [-0.2, 0) is 19.1 Å². The van der Waals surface area contributed by atoms with Gasteiger partial charge in [-0.3, -0.25) is 14.5 Å². The molecule has 1 N–H and O–H groups in total. The van der Waals surface area contributed by atoms with Gasteiger partial charge in [-0.25, -0.2) is 4.79 Å². The summed E-state index contributed by atoms with van der Waals surface area (Å²) in [6, 6.07) is 0. The highest BCUT2D eigenvalue weighted by Gasteiger charge is 2.50. The Morgan fingerprint density at radius 2 is 1.94 bits per heavy atom. The lowest BCUT2D eigenvalue weighted by Gasteiger charge is -2.18. The molecule has 0 aromatic heterocycles. The summed E-state index contributed by atoms with van der Waals surface area (Å²) in [7, 11) is 1.15. The van der Waals surface area contributed by atoms with Crippen molar-refractivity contribution in [1.29, 1.82) is 0 Å². The number of fused-ring (bicyclic) bond motifs is 1. The van der Waals surface area contributed by atoms with Crippen LogP contribution in [0, 0.1) is 11.8 Å². The minimum Gasteiger partial charge on any atom is -0.467 e. The molecule has 0 spiro atoms. The highest BCUT2D eigenvalue weighted by Crippen LogP contribution is 2.39. The molecule has 3 atom stereocenters. The molecule has 1 saturated carbocycles. The number of aliphatic hydroxyl groups excluding tert-OH is 1. The highest BCUT2D eigenvalue weighted by molar-refractivity contribution is 6.05. The van der Waals surface area contributed by atoms with Crippen LogP contribution in [-0.4, -0.2) is 47.5 Å². The first kappa shape index (κ1) is 12.0. The van der Waals surface area contributed by atoms with E-state index in [2.05, 4.69) is 4.74 Å². The SMILES string of the molecule is COC(=O)C(O)CN1C(=O)C2CCCC2C1=O. The van der Waals surface area contributed by atoms with Crippen LogP contribution in [0.25, 0.3) is 0 Å². The summed E-state index contributed by atoms with van der Waals surface area (Å²) in [5.41, 5.74) is 0. The van der Waals surface area contributed by atoms with E-state index in [1.165, 1.54) is 0 Å². The fourth-order valence-electron chi connectivity index (χ4n) is 2.62. The number of rotatable bonds is 3. The van der Waals surface area contributed by atoms with Gasteiger partial charge in [0, 0.05) is 0 Å². The predicted molar refractivity (Wildman–Crippen MR) is 55.6 cm³/mol. The van der Waals surface area contributed by atoms with Gasteiger partial charge in [-0.1, -0.05) is 6.42 Å². The van der Waals surface area contributed by atoms with Gasteiger partial charge in [0.15, 0.2) is 6.10 Å². The number of amides is 2. The van der Waals surface area contributed by atoms with Crippen molar-refractivity contribution in [2.45, 2.75) is 25.4 Å². The average Bonchev–Trinajstić information content (AvgIpc) is 2.88. The monoisotopic (exact) mass is 241 g/mol. The molecule has 0 aromatic carbocycles. The van der Waals surface area contributed by atoms with Crippen molar-refractivity contribution >= 4 is 17.8 Å². The number of likely N-dealkylation sites (tertiary alicyclic amines) is 1. The van der Waals surface area contributed by atoms with Crippen LogP contribution in [0.5, 0.6) is 0 Å². The van der Waals surface area contributed by atoms with Gasteiger partial charge < -0.3 is 9.84 Å². The zero-order valence-corrected chi connectivity index (χ0v) is 9.59. The molecule has 2 aliphatic rings. The first-order valence-corrected chi connectivity index (χ1v) is 5.67. The molecule has 3 unspecified atom stereocenters. The van der Waals surface area contributed by atoms with E-state index in [9.17, 15) is 19.5 Å². The Labute approximate surface area is 98.5 Å². The number of carbonyl (C=O) groups excluding carboxylic acids is 3. The lowest BCUT2D eigenvalue weighted by molar-refractivity contribution is -0.153. The normalized spacial score (nSPS) is 29.4. The summed E-state index contributed by atoms with van der Waals surface area (Å²) >= 11 is 0. The molecular weight excluding hydrogens is 226 g/mol. The number of methoxy groups -OCH3 is 1. The summed E-state index contributed by atoms with van der Waals surface area (Å²) in [5, 5.41) is 9.46. The van der Waals surface area contributed by atoms with Gasteiger partial charge in [0.2, 0.25) is 11.8 Å². The average molecular weight is 241 g/mol. The molecule has 2 amide bonds. The number of ether oxygens (including phenoxy) is 1. The van der Waals surface area contributed by atoms with Crippen molar-refractivity contribution in [1.82, 2.24) is 4.90 Å². The van der Waals surface area contributed by atoms with Gasteiger partial charge in [0.1, 0.15) is 0 Å². The number of imide groups is 1. The first-order chi connectivity index (χ1) is 8.06. The molecule has 17 heavy (non-hydrogen) atoms. The fraction of sp³-hybridized carbons (Fsp3) is 0.727. The Kier molecular flexibility index (Phi) is 3.15. The topological polar surface area (TPSA) is 83.9 Å². The van der Waals surface area contributed by atoms with Crippen molar-refractivity contribution in [2.75, 3.05) is 13.7 Å². The van der Waals surface area contributed by atoms with E-state index in [4.69, 9.17) is 0 Å². The third-order valence-corrected chi connectivity index (χ3v) is 3.51. The largest absolute Gasteiger partial charge is 0.467 e. The molecule has 6 heteroatoms. The molecule has 2 rings (SSSR count). The summed E-state index contributed by atoms with van der Waals surface area (Å²) in [5.74, 6) is -1.84. The van der Waals surface area contributed by atoms with E-state index in [0.717, 1.165) is 31.3 Å². The molecule has 1 heterocycles. The molecule has 94 valence electrons. The van der Waals surface area contributed by atoms with Gasteiger partial charge in [0.05, 0.1) is 25.5 Å². The number of aliphatic hydroxyl groups is 1. The number of nitrogens with zero attached hydrogens (tertiary/aromatic N) is 1. The van der Waals surface area contributed by atoms with E-state index < -0.39 is 12.1 Å². The zero-order valence-electron chi connectivity index (χ0n) is 9.59. The maximum atomic E-state index is 11.9. The number of esters is 1. The van der Waals surface area contributed by atoms with E-state index in [1.54, 1.807) is 0 Å². The van der Waals surface area contributed by atoms with Crippen molar-refractivity contribution in [3.8, 4) is 0 Å². The third-order valence-electron chi connectivity index (χ3n) is 3.51. The van der Waals surface area contributed by atoms with Crippen LogP contribution in [0.15, 0.2) is 0 Å². The van der Waals surface area contributed by atoms with Crippen LogP contribution < -0.4 is 0 Å². The van der Waals surface area contributed by atoms with Crippen molar-refractivity contribution in [3.05, 3.63) is 0 Å². The van der Waals surface area contributed by atoms with Crippen molar-refractivity contribution < 1.29 is 24.2 Å². The first-order valence-electron chi connectivity index (χ1n) is 5.67. The smallest absolute Gasteiger partial charge is 0.336 e. The van der Waals surface area contributed by atoms with Crippen LogP contribution in [0.4, 0.5) is 0 Å². The second-order valence-electron chi connectivity index (χ2n) is 4.47. The number of carbonyl (C=O) groups is 3. The van der Waals surface area contributed by atoms with E-state index >= 15 is 0 Å². The van der Waals surface area contributed by atoms with Crippen LogP contribution in [0.3, 0.4) is 0 Å². The van der Waals surface area contributed by atoms with E-state index in [-0.39, 0.29) is 30.2 Å². The third kappa shape index (κ3) is 1.93. The highest BCUT2D eigenvalue weighted by atomic mass is 16.5. The molecule has 6 nitrogen and oxygen atoms in total. The minimum absolute atomic E-state index is 0.243. The maximum absolute atomic E-state index is 11.9. The number of hydrogen-bond donors (Lipinski definition) is 1.